The first-order valence-electron chi connectivity index (χ1n) is 7.94. The molecule has 2 atom stereocenters. The Morgan fingerprint density at radius 3 is 2.88 bits per heavy atom. The minimum atomic E-state index is -0.408. The van der Waals surface area contributed by atoms with E-state index >= 15 is 0 Å². The van der Waals surface area contributed by atoms with E-state index in [2.05, 4.69) is 15.5 Å². The molecule has 0 aliphatic carbocycles. The van der Waals surface area contributed by atoms with Crippen LogP contribution >= 0.6 is 23.2 Å². The van der Waals surface area contributed by atoms with Gasteiger partial charge in [0.1, 0.15) is 0 Å². The first-order valence-corrected chi connectivity index (χ1v) is 8.69. The van der Waals surface area contributed by atoms with Gasteiger partial charge in [-0.2, -0.15) is 4.39 Å². The molecular weight excluding hydrogens is 366 g/mol. The number of nitrogens with one attached hydrogen (secondary N) is 1. The van der Waals surface area contributed by atoms with E-state index in [1.165, 1.54) is 6.20 Å². The zero-order valence-corrected chi connectivity index (χ0v) is 14.6. The van der Waals surface area contributed by atoms with Crippen molar-refractivity contribution in [3.8, 4) is 0 Å². The van der Waals surface area contributed by atoms with Crippen LogP contribution in [0, 0.1) is 5.95 Å². The van der Waals surface area contributed by atoms with Crippen molar-refractivity contribution in [1.29, 1.82) is 0 Å². The van der Waals surface area contributed by atoms with Gasteiger partial charge in [0.05, 0.1) is 21.8 Å². The van der Waals surface area contributed by atoms with E-state index < -0.39 is 5.95 Å². The van der Waals surface area contributed by atoms with Crippen LogP contribution in [0.15, 0.2) is 35.5 Å². The summed E-state index contributed by atoms with van der Waals surface area (Å²) in [4.78, 5) is 10.2. The normalized spacial score (nSPS) is 22.1. The SMILES string of the molecule is ONC(=Nc1ccc(Cl)c(Cl)c1)N1[C@H]2CC[C@@H]1c1ccnc(F)c1C2. The fourth-order valence-corrected chi connectivity index (χ4v) is 4.05. The smallest absolute Gasteiger partial charge is 0.224 e. The highest BCUT2D eigenvalue weighted by molar-refractivity contribution is 6.42. The zero-order chi connectivity index (χ0) is 17.6. The number of rotatable bonds is 1. The van der Waals surface area contributed by atoms with Gasteiger partial charge in [-0.05, 0) is 49.1 Å². The van der Waals surface area contributed by atoms with Gasteiger partial charge in [0, 0.05) is 17.8 Å². The van der Waals surface area contributed by atoms with E-state index in [9.17, 15) is 9.60 Å². The molecular formula is C17H15Cl2FN4O. The number of fused-ring (bicyclic) bond motifs is 4. The molecule has 2 N–H and O–H groups in total. The average Bonchev–Trinajstić information content (AvgIpc) is 2.91. The molecule has 0 unspecified atom stereocenters. The molecule has 1 aromatic heterocycles. The minimum absolute atomic E-state index is 0.0487. The van der Waals surface area contributed by atoms with Crippen molar-refractivity contribution >= 4 is 34.8 Å². The topological polar surface area (TPSA) is 60.8 Å². The Bertz CT molecular complexity index is 861. The van der Waals surface area contributed by atoms with E-state index in [0.717, 1.165) is 18.4 Å². The highest BCUT2D eigenvalue weighted by Crippen LogP contribution is 2.44. The second-order valence-corrected chi connectivity index (χ2v) is 6.99. The van der Waals surface area contributed by atoms with Crippen LogP contribution in [0.1, 0.15) is 30.0 Å². The van der Waals surface area contributed by atoms with E-state index in [4.69, 9.17) is 23.2 Å². The fraction of sp³-hybridized carbons (Fsp3) is 0.294. The van der Waals surface area contributed by atoms with Crippen molar-refractivity contribution in [2.75, 3.05) is 0 Å². The van der Waals surface area contributed by atoms with Gasteiger partial charge >= 0.3 is 0 Å². The van der Waals surface area contributed by atoms with Crippen LogP contribution in [0.3, 0.4) is 0 Å². The van der Waals surface area contributed by atoms with Gasteiger partial charge in [0.15, 0.2) is 0 Å². The number of hydrogen-bond donors (Lipinski definition) is 2. The highest BCUT2D eigenvalue weighted by Gasteiger charge is 2.42. The van der Waals surface area contributed by atoms with Crippen LogP contribution in [0.4, 0.5) is 10.1 Å². The van der Waals surface area contributed by atoms with Gasteiger partial charge in [0.2, 0.25) is 11.9 Å². The molecule has 2 aromatic rings. The monoisotopic (exact) mass is 380 g/mol. The van der Waals surface area contributed by atoms with Crippen LogP contribution < -0.4 is 5.48 Å². The van der Waals surface area contributed by atoms with Gasteiger partial charge in [-0.1, -0.05) is 23.2 Å². The lowest BCUT2D eigenvalue weighted by molar-refractivity contribution is 0.187. The molecule has 5 nitrogen and oxygen atoms in total. The maximum absolute atomic E-state index is 14.0. The fourth-order valence-electron chi connectivity index (χ4n) is 3.76. The number of guanidine groups is 1. The standard InChI is InChI=1S/C17H15Cl2FN4O/c18-13-3-1-9(7-14(13)19)22-17(23-25)24-10-2-4-15(24)11-5-6-21-16(20)12(11)8-10/h1,3,5-7,10,15,25H,2,4,8H2,(H,22,23)/t10-,15+/m0/s1. The van der Waals surface area contributed by atoms with Crippen molar-refractivity contribution in [2.24, 2.45) is 4.99 Å². The Morgan fingerprint density at radius 2 is 2.12 bits per heavy atom. The first-order chi connectivity index (χ1) is 12.1. The average molecular weight is 381 g/mol. The molecule has 2 aliphatic rings. The lowest BCUT2D eigenvalue weighted by Gasteiger charge is -2.37. The number of benzene rings is 1. The maximum Gasteiger partial charge on any atom is 0.224 e. The van der Waals surface area contributed by atoms with E-state index in [0.29, 0.717) is 33.7 Å². The Labute approximate surface area is 154 Å². The van der Waals surface area contributed by atoms with Crippen molar-refractivity contribution in [3.05, 3.63) is 57.6 Å². The molecule has 0 spiro atoms. The molecule has 25 heavy (non-hydrogen) atoms. The molecule has 1 saturated heterocycles. The van der Waals surface area contributed by atoms with E-state index in [1.54, 1.807) is 18.2 Å². The molecule has 0 radical (unpaired) electrons. The van der Waals surface area contributed by atoms with Crippen LogP contribution in [-0.4, -0.2) is 27.1 Å². The summed E-state index contributed by atoms with van der Waals surface area (Å²) in [5.74, 6) is -0.0947. The number of halogens is 3. The second-order valence-electron chi connectivity index (χ2n) is 6.17. The summed E-state index contributed by atoms with van der Waals surface area (Å²) in [7, 11) is 0. The van der Waals surface area contributed by atoms with Crippen LogP contribution in [0.25, 0.3) is 0 Å². The summed E-state index contributed by atoms with van der Waals surface area (Å²) in [6.45, 7) is 0. The summed E-state index contributed by atoms with van der Waals surface area (Å²) in [5, 5.41) is 10.5. The van der Waals surface area contributed by atoms with Gasteiger partial charge in [-0.15, -0.1) is 0 Å². The van der Waals surface area contributed by atoms with Gasteiger partial charge in [-0.25, -0.2) is 15.5 Å². The third kappa shape index (κ3) is 2.84. The number of aromatic nitrogens is 1. The van der Waals surface area contributed by atoms with Crippen molar-refractivity contribution < 1.29 is 9.60 Å². The Kier molecular flexibility index (Phi) is 4.27. The summed E-state index contributed by atoms with van der Waals surface area (Å²) < 4.78 is 14.0. The Morgan fingerprint density at radius 1 is 1.28 bits per heavy atom. The number of aliphatic imine (C=N–C) groups is 1. The molecule has 1 fully saturated rings. The van der Waals surface area contributed by atoms with Crippen molar-refractivity contribution in [2.45, 2.75) is 31.3 Å². The van der Waals surface area contributed by atoms with Crippen LogP contribution in [0.2, 0.25) is 10.0 Å². The number of hydrogen-bond acceptors (Lipinski definition) is 3. The van der Waals surface area contributed by atoms with Crippen LogP contribution in [0.5, 0.6) is 0 Å². The Balaban J connectivity index is 1.73. The van der Waals surface area contributed by atoms with Crippen molar-refractivity contribution in [3.63, 3.8) is 0 Å². The first kappa shape index (κ1) is 16.6. The molecule has 4 rings (SSSR count). The summed E-state index contributed by atoms with van der Waals surface area (Å²) in [6.07, 6.45) is 3.77. The summed E-state index contributed by atoms with van der Waals surface area (Å²) >= 11 is 12.0. The Hall–Kier alpha value is -1.89. The quantitative estimate of drug-likeness (QED) is 0.336. The van der Waals surface area contributed by atoms with Crippen LogP contribution in [-0.2, 0) is 6.42 Å². The van der Waals surface area contributed by atoms with E-state index in [-0.39, 0.29) is 12.1 Å². The van der Waals surface area contributed by atoms with E-state index in [1.807, 2.05) is 11.0 Å². The molecule has 8 heteroatoms. The summed E-state index contributed by atoms with van der Waals surface area (Å²) in [6, 6.07) is 6.84. The molecule has 2 bridgehead atoms. The molecule has 1 aromatic carbocycles. The number of pyridine rings is 1. The second kappa shape index (κ2) is 6.44. The third-order valence-electron chi connectivity index (χ3n) is 4.82. The maximum atomic E-state index is 14.0. The molecule has 130 valence electrons. The number of nitrogens with zero attached hydrogens (tertiary/aromatic N) is 3. The molecule has 2 aliphatic heterocycles. The predicted molar refractivity (Wildman–Crippen MR) is 94.0 cm³/mol. The third-order valence-corrected chi connectivity index (χ3v) is 5.56. The van der Waals surface area contributed by atoms with Gasteiger partial charge < -0.3 is 4.90 Å². The largest absolute Gasteiger partial charge is 0.331 e. The number of hydroxylamine groups is 1. The highest BCUT2D eigenvalue weighted by atomic mass is 35.5. The lowest BCUT2D eigenvalue weighted by Crippen LogP contribution is -2.47. The molecule has 0 amide bonds. The van der Waals surface area contributed by atoms with Crippen molar-refractivity contribution in [1.82, 2.24) is 15.4 Å². The predicted octanol–water partition coefficient (Wildman–Crippen LogP) is 4.26. The lowest BCUT2D eigenvalue weighted by atomic mass is 9.95. The summed E-state index contributed by atoms with van der Waals surface area (Å²) in [5.41, 5.74) is 4.32. The minimum Gasteiger partial charge on any atom is -0.331 e. The van der Waals surface area contributed by atoms with Gasteiger partial charge in [-0.3, -0.25) is 5.21 Å². The molecule has 3 heterocycles. The zero-order valence-electron chi connectivity index (χ0n) is 13.1. The van der Waals surface area contributed by atoms with Gasteiger partial charge in [0.25, 0.3) is 0 Å². The molecule has 0 saturated carbocycles.